The first kappa shape index (κ1) is 22.9. The fourth-order valence-corrected chi connectivity index (χ4v) is 1.52. The van der Waals surface area contributed by atoms with Gasteiger partial charge in [0.25, 0.3) is 0 Å². The van der Waals surface area contributed by atoms with Crippen LogP contribution in [0.2, 0.25) is 0 Å². The van der Waals surface area contributed by atoms with Gasteiger partial charge in [-0.3, -0.25) is 14.6 Å². The Morgan fingerprint density at radius 1 is 1.38 bits per heavy atom. The zero-order valence-corrected chi connectivity index (χ0v) is 13.0. The van der Waals surface area contributed by atoms with E-state index in [2.05, 4.69) is 15.0 Å². The van der Waals surface area contributed by atoms with E-state index in [1.807, 2.05) is 0 Å². The number of ether oxygens (including phenoxy) is 1. The van der Waals surface area contributed by atoms with Gasteiger partial charge in [0.05, 0.1) is 18.6 Å². The van der Waals surface area contributed by atoms with E-state index in [0.29, 0.717) is 0 Å². The predicted molar refractivity (Wildman–Crippen MR) is 87.7 cm³/mol. The van der Waals surface area contributed by atoms with Crippen molar-refractivity contribution in [1.82, 2.24) is 10.3 Å². The molecule has 8 nitrogen and oxygen atoms in total. The summed E-state index contributed by atoms with van der Waals surface area (Å²) < 4.78 is 4.60. The number of rotatable bonds is 7. The number of nitrogens with one attached hydrogen (secondary N) is 1. The van der Waals surface area contributed by atoms with Crippen LogP contribution < -0.4 is 5.32 Å². The molecule has 0 aliphatic heterocycles. The van der Waals surface area contributed by atoms with Crippen LogP contribution in [0.3, 0.4) is 0 Å². The topological polar surface area (TPSA) is 126 Å². The molecule has 1 aromatic heterocycles. The monoisotopic (exact) mass is 366 g/mol. The van der Waals surface area contributed by atoms with Gasteiger partial charge in [-0.15, -0.1) is 0 Å². The molecule has 1 atom stereocenters. The summed E-state index contributed by atoms with van der Waals surface area (Å²) in [5, 5.41) is 21.2. The molecule has 1 amide bonds. The van der Waals surface area contributed by atoms with Crippen LogP contribution in [0.15, 0.2) is 24.5 Å². The van der Waals surface area contributed by atoms with Crippen molar-refractivity contribution < 1.29 is 29.3 Å². The van der Waals surface area contributed by atoms with E-state index in [1.165, 1.54) is 38.4 Å². The summed E-state index contributed by atoms with van der Waals surface area (Å²) in [6, 6.07) is 2.99. The van der Waals surface area contributed by atoms with E-state index in [1.54, 1.807) is 0 Å². The van der Waals surface area contributed by atoms with Gasteiger partial charge >= 0.3 is 49.7 Å². The van der Waals surface area contributed by atoms with Gasteiger partial charge in [0.2, 0.25) is 5.91 Å². The molecule has 0 aromatic carbocycles. The maximum absolute atomic E-state index is 11.7. The number of carbonyl (C=O) groups is 3. The number of hydrogen-bond acceptors (Lipinski definition) is 7. The third-order valence-corrected chi connectivity index (χ3v) is 3.13. The summed E-state index contributed by atoms with van der Waals surface area (Å²) in [7, 11) is 0. The van der Waals surface area contributed by atoms with Crippen LogP contribution in [0, 0.1) is 5.41 Å². The summed E-state index contributed by atoms with van der Waals surface area (Å²) >= 11 is 0. The van der Waals surface area contributed by atoms with Crippen molar-refractivity contribution in [2.75, 3.05) is 13.2 Å². The van der Waals surface area contributed by atoms with Crippen molar-refractivity contribution in [3.8, 4) is 0 Å². The van der Waals surface area contributed by atoms with E-state index in [4.69, 9.17) is 5.11 Å². The van der Waals surface area contributed by atoms with E-state index in [0.717, 1.165) is 0 Å². The fourth-order valence-electron chi connectivity index (χ4n) is 1.52. The van der Waals surface area contributed by atoms with Crippen LogP contribution in [0.25, 0.3) is 0 Å². The second kappa shape index (κ2) is 10.7. The van der Waals surface area contributed by atoms with Gasteiger partial charge in [-0.25, -0.2) is 4.79 Å². The van der Waals surface area contributed by atoms with Crippen molar-refractivity contribution in [2.24, 2.45) is 5.41 Å². The van der Waals surface area contributed by atoms with E-state index in [9.17, 15) is 19.5 Å². The van der Waals surface area contributed by atoms with Crippen LogP contribution in [0.4, 0.5) is 0 Å². The Kier molecular flexibility index (Phi) is 10.3. The summed E-state index contributed by atoms with van der Waals surface area (Å²) in [6.45, 7) is 2.58. The zero-order chi connectivity index (χ0) is 17.5. The second-order valence-electron chi connectivity index (χ2n) is 5.59. The number of aromatic nitrogens is 1. The molecule has 0 aliphatic carbocycles. The van der Waals surface area contributed by atoms with Crippen LogP contribution >= 0.6 is 0 Å². The molecule has 0 unspecified atom stereocenters. The van der Waals surface area contributed by atoms with Crippen LogP contribution in [0.1, 0.15) is 30.6 Å². The van der Waals surface area contributed by atoms with Gasteiger partial charge < -0.3 is 20.3 Å². The number of aliphatic hydroxyl groups excluding tert-OH is 2. The van der Waals surface area contributed by atoms with Crippen molar-refractivity contribution >= 4 is 55.6 Å². The van der Waals surface area contributed by atoms with E-state index < -0.39 is 29.4 Å². The first-order valence-electron chi connectivity index (χ1n) is 6.99. The predicted octanol–water partition coefficient (Wildman–Crippen LogP) is -1.27. The van der Waals surface area contributed by atoms with E-state index in [-0.39, 0.29) is 62.9 Å². The first-order valence-corrected chi connectivity index (χ1v) is 6.99. The van der Waals surface area contributed by atoms with Crippen LogP contribution in [0.5, 0.6) is 0 Å². The number of hydrogen-bond donors (Lipinski definition) is 3. The van der Waals surface area contributed by atoms with Gasteiger partial charge in [-0.1, -0.05) is 13.8 Å². The third-order valence-electron chi connectivity index (χ3n) is 3.13. The average Bonchev–Trinajstić information content (AvgIpc) is 2.54. The number of pyridine rings is 1. The molecule has 0 radical (unpaired) electrons. The molecular formula is C15H22CaN2O6. The second-order valence-corrected chi connectivity index (χ2v) is 5.59. The Morgan fingerprint density at radius 3 is 2.58 bits per heavy atom. The molecule has 9 heteroatoms. The fraction of sp³-hybridized carbons (Fsp3) is 0.467. The van der Waals surface area contributed by atoms with Gasteiger partial charge in [-0.05, 0) is 12.1 Å². The van der Waals surface area contributed by atoms with Crippen molar-refractivity contribution in [3.63, 3.8) is 0 Å². The Labute approximate surface area is 169 Å². The number of amides is 1. The molecule has 0 fully saturated rings. The minimum atomic E-state index is -1.42. The summed E-state index contributed by atoms with van der Waals surface area (Å²) in [5.41, 5.74) is -0.856. The van der Waals surface area contributed by atoms with Gasteiger partial charge in [-0.2, -0.15) is 0 Å². The average molecular weight is 366 g/mol. The summed E-state index contributed by atoms with van der Waals surface area (Å²) in [4.78, 5) is 38.5. The molecule has 130 valence electrons. The quantitative estimate of drug-likeness (QED) is 0.312. The van der Waals surface area contributed by atoms with Crippen molar-refractivity contribution in [1.29, 1.82) is 0 Å². The third kappa shape index (κ3) is 7.23. The van der Waals surface area contributed by atoms with E-state index >= 15 is 0 Å². The summed E-state index contributed by atoms with van der Waals surface area (Å²) in [5.74, 6) is -2.35. The first-order chi connectivity index (χ1) is 10.8. The van der Waals surface area contributed by atoms with Gasteiger partial charge in [0.15, 0.2) is 0 Å². The maximum atomic E-state index is 11.7. The molecule has 0 saturated heterocycles. The Balaban J connectivity index is 0.00000529. The Bertz CT molecular complexity index is 564. The molecule has 1 rings (SSSR count). The van der Waals surface area contributed by atoms with Crippen LogP contribution in [-0.4, -0.2) is 90.0 Å². The number of nitrogens with zero attached hydrogens (tertiary/aromatic N) is 1. The Morgan fingerprint density at radius 2 is 2.04 bits per heavy atom. The molecule has 0 spiro atoms. The number of esters is 2. The molecule has 1 heterocycles. The molecular weight excluding hydrogens is 344 g/mol. The molecule has 3 N–H and O–H groups in total. The van der Waals surface area contributed by atoms with Crippen molar-refractivity contribution in [3.05, 3.63) is 30.1 Å². The normalized spacial score (nSPS) is 11.8. The van der Waals surface area contributed by atoms with Gasteiger partial charge in [0.1, 0.15) is 6.10 Å². The summed E-state index contributed by atoms with van der Waals surface area (Å²) in [6.07, 6.45) is 1.10. The molecule has 0 bridgehead atoms. The molecule has 1 aromatic rings. The zero-order valence-electron chi connectivity index (χ0n) is 13.0. The Hall–Kier alpha value is -1.06. The number of aliphatic hydroxyl groups is 2. The molecule has 0 aliphatic rings. The molecule has 24 heavy (non-hydrogen) atoms. The standard InChI is InChI=1S/C15H20N2O6.Ca.2H/c1-15(2,9-18)12(20)13(21)17-7-5-11(19)23-14(22)10-4-3-6-16-8-10;;;/h3-4,6,8,12,18,20H,5,7,9H2,1-2H3,(H,17,21);;;/t12-;;;/m0.../s1. The SMILES string of the molecule is CC(C)(CO)[C@@H](O)C(=O)NCCC(=O)OC(=O)c1cccnc1.[CaH2]. The van der Waals surface area contributed by atoms with Crippen LogP contribution in [-0.2, 0) is 14.3 Å². The minimum absolute atomic E-state index is 0. The van der Waals surface area contributed by atoms with Crippen molar-refractivity contribution in [2.45, 2.75) is 26.4 Å². The number of carbonyl (C=O) groups excluding carboxylic acids is 3. The molecule has 0 saturated carbocycles. The van der Waals surface area contributed by atoms with Gasteiger partial charge in [0, 0.05) is 24.4 Å².